The van der Waals surface area contributed by atoms with Crippen LogP contribution in [-0.4, -0.2) is 20.1 Å². The third kappa shape index (κ3) is 2.99. The van der Waals surface area contributed by atoms with Crippen molar-refractivity contribution in [2.45, 2.75) is 0 Å². The van der Waals surface area contributed by atoms with E-state index in [9.17, 15) is 9.90 Å². The van der Waals surface area contributed by atoms with E-state index in [4.69, 9.17) is 27.6 Å². The number of aromatic nitrogens is 3. The van der Waals surface area contributed by atoms with Gasteiger partial charge in [-0.15, -0.1) is 0 Å². The summed E-state index contributed by atoms with van der Waals surface area (Å²) in [5, 5.41) is 13.1. The summed E-state index contributed by atoms with van der Waals surface area (Å²) < 4.78 is 5.58. The van der Waals surface area contributed by atoms with E-state index in [-0.39, 0.29) is 11.3 Å². The van der Waals surface area contributed by atoms with Gasteiger partial charge in [-0.2, -0.15) is 0 Å². The molecule has 0 aliphatic heterocycles. The van der Waals surface area contributed by atoms with E-state index in [1.807, 2.05) is 12.1 Å². The second-order valence-corrected chi connectivity index (χ2v) is 8.34. The Bertz CT molecular complexity index is 1790. The smallest absolute Gasteiger partial charge is 0.348 e. The first-order chi connectivity index (χ1) is 16.0. The summed E-state index contributed by atoms with van der Waals surface area (Å²) in [5.74, 6) is -0.176. The molecule has 3 aromatic heterocycles. The van der Waals surface area contributed by atoms with Crippen LogP contribution in [0.1, 0.15) is 0 Å². The molecule has 0 aliphatic rings. The molecule has 0 bridgehead atoms. The van der Waals surface area contributed by atoms with Crippen molar-refractivity contribution in [2.75, 3.05) is 0 Å². The fraction of sp³-hybridized carbons (Fsp3) is 0. The molecule has 0 amide bonds. The lowest BCUT2D eigenvalue weighted by Crippen LogP contribution is -2.04. The molecule has 6 nitrogen and oxygen atoms in total. The van der Waals surface area contributed by atoms with Crippen molar-refractivity contribution in [2.24, 2.45) is 0 Å². The largest absolute Gasteiger partial charge is 0.506 e. The molecule has 3 aromatic carbocycles. The summed E-state index contributed by atoms with van der Waals surface area (Å²) in [6.45, 7) is 0. The van der Waals surface area contributed by atoms with E-state index in [2.05, 4.69) is 15.0 Å². The molecule has 0 unspecified atom stereocenters. The predicted octanol–water partition coefficient (Wildman–Crippen LogP) is 6.56. The first-order valence-electron chi connectivity index (χ1n) is 9.99. The van der Waals surface area contributed by atoms with Gasteiger partial charge < -0.3 is 14.5 Å². The van der Waals surface area contributed by atoms with Gasteiger partial charge in [-0.25, -0.2) is 4.79 Å². The highest BCUT2D eigenvalue weighted by atomic mass is 35.5. The van der Waals surface area contributed by atoms with E-state index in [0.29, 0.717) is 59.8 Å². The monoisotopic (exact) mass is 473 g/mol. The molecule has 0 atom stereocenters. The van der Waals surface area contributed by atoms with E-state index >= 15 is 0 Å². The third-order valence-corrected chi connectivity index (χ3v) is 6.38. The summed E-state index contributed by atoms with van der Waals surface area (Å²) in [6, 6.07) is 15.7. The molecule has 8 heteroatoms. The summed E-state index contributed by atoms with van der Waals surface area (Å²) in [4.78, 5) is 25.5. The number of H-pyrrole nitrogens is 1. The highest BCUT2D eigenvalue weighted by molar-refractivity contribution is 6.42. The van der Waals surface area contributed by atoms with Gasteiger partial charge in [0.2, 0.25) is 0 Å². The molecule has 0 aliphatic carbocycles. The quantitative estimate of drug-likeness (QED) is 0.277. The number of nitrogens with zero attached hydrogens (tertiary/aromatic N) is 2. The van der Waals surface area contributed by atoms with Gasteiger partial charge in [-0.1, -0.05) is 41.4 Å². The van der Waals surface area contributed by atoms with Gasteiger partial charge >= 0.3 is 5.63 Å². The van der Waals surface area contributed by atoms with Gasteiger partial charge in [0.05, 0.1) is 32.2 Å². The Labute approximate surface area is 196 Å². The molecule has 2 N–H and O–H groups in total. The summed E-state index contributed by atoms with van der Waals surface area (Å²) >= 11 is 12.4. The van der Waals surface area contributed by atoms with Gasteiger partial charge in [0.15, 0.2) is 0 Å². The highest BCUT2D eigenvalue weighted by Gasteiger charge is 2.25. The van der Waals surface area contributed by atoms with Crippen molar-refractivity contribution in [3.63, 3.8) is 0 Å². The molecule has 6 rings (SSSR count). The number of benzene rings is 3. The molecule has 0 fully saturated rings. The molecular weight excluding hydrogens is 461 g/mol. The fourth-order valence-electron chi connectivity index (χ4n) is 4.19. The van der Waals surface area contributed by atoms with Crippen LogP contribution in [0.15, 0.2) is 76.2 Å². The second kappa shape index (κ2) is 7.33. The average Bonchev–Trinajstić information content (AvgIpc) is 3.21. The number of halogens is 2. The molecule has 3 heterocycles. The number of para-hydroxylation sites is 1. The van der Waals surface area contributed by atoms with E-state index in [1.54, 1.807) is 54.9 Å². The van der Waals surface area contributed by atoms with Crippen molar-refractivity contribution in [1.82, 2.24) is 15.0 Å². The topological polar surface area (TPSA) is 92.0 Å². The van der Waals surface area contributed by atoms with Gasteiger partial charge in [0.25, 0.3) is 0 Å². The Kier molecular flexibility index (Phi) is 4.40. The van der Waals surface area contributed by atoms with Crippen LogP contribution in [0.5, 0.6) is 5.75 Å². The first-order valence-corrected chi connectivity index (χ1v) is 10.7. The maximum Gasteiger partial charge on any atom is 0.348 e. The minimum Gasteiger partial charge on any atom is -0.506 e. The maximum absolute atomic E-state index is 13.2. The molecule has 0 saturated carbocycles. The van der Waals surface area contributed by atoms with Crippen LogP contribution < -0.4 is 5.63 Å². The van der Waals surface area contributed by atoms with E-state index in [0.717, 1.165) is 0 Å². The second-order valence-electron chi connectivity index (χ2n) is 7.53. The van der Waals surface area contributed by atoms with Crippen molar-refractivity contribution in [3.05, 3.63) is 87.5 Å². The number of aromatic hydroxyl groups is 1. The van der Waals surface area contributed by atoms with Crippen molar-refractivity contribution in [3.8, 4) is 28.1 Å². The lowest BCUT2D eigenvalue weighted by Gasteiger charge is -2.10. The Morgan fingerprint density at radius 3 is 2.58 bits per heavy atom. The Hall–Kier alpha value is -3.87. The number of fused-ring (bicyclic) bond motifs is 4. The molecule has 6 aromatic rings. The van der Waals surface area contributed by atoms with Gasteiger partial charge in [-0.3, -0.25) is 9.97 Å². The zero-order valence-corrected chi connectivity index (χ0v) is 18.3. The number of rotatable bonds is 2. The zero-order chi connectivity index (χ0) is 22.7. The maximum atomic E-state index is 13.2. The molecule has 0 spiro atoms. The van der Waals surface area contributed by atoms with Crippen LogP contribution in [0.3, 0.4) is 0 Å². The van der Waals surface area contributed by atoms with Crippen LogP contribution in [0.2, 0.25) is 10.0 Å². The Morgan fingerprint density at radius 1 is 0.909 bits per heavy atom. The fourth-order valence-corrected chi connectivity index (χ4v) is 4.49. The minimum absolute atomic E-state index is 0.0270. The lowest BCUT2D eigenvalue weighted by molar-refractivity contribution is 0.471. The molecule has 160 valence electrons. The zero-order valence-electron chi connectivity index (χ0n) is 16.8. The van der Waals surface area contributed by atoms with Gasteiger partial charge in [0.1, 0.15) is 16.9 Å². The number of aromatic amines is 1. The molecule has 0 radical (unpaired) electrons. The van der Waals surface area contributed by atoms with Crippen LogP contribution in [0.25, 0.3) is 55.3 Å². The summed E-state index contributed by atoms with van der Waals surface area (Å²) in [5.41, 5.74) is 3.30. The normalized spacial score (nSPS) is 11.6. The van der Waals surface area contributed by atoms with Gasteiger partial charge in [-0.05, 0) is 36.4 Å². The number of hydrogen-bond donors (Lipinski definition) is 2. The summed E-state index contributed by atoms with van der Waals surface area (Å²) in [7, 11) is 0. The van der Waals surface area contributed by atoms with E-state index < -0.39 is 5.63 Å². The molecule has 33 heavy (non-hydrogen) atoms. The highest BCUT2D eigenvalue weighted by Crippen LogP contribution is 2.44. The van der Waals surface area contributed by atoms with Crippen LogP contribution in [-0.2, 0) is 0 Å². The van der Waals surface area contributed by atoms with Crippen LogP contribution in [0, 0.1) is 0 Å². The SMILES string of the molecule is O=c1oc2ccccc2c(O)c1-c1c(-c2ccc(Cl)c(Cl)c2)[nH]c2ccc3nccnc3c12. The van der Waals surface area contributed by atoms with Crippen LogP contribution in [0.4, 0.5) is 0 Å². The Balaban J connectivity index is 1.83. The first kappa shape index (κ1) is 19.8. The van der Waals surface area contributed by atoms with E-state index in [1.165, 1.54) is 0 Å². The number of nitrogens with one attached hydrogen (secondary N) is 1. The van der Waals surface area contributed by atoms with Crippen molar-refractivity contribution < 1.29 is 9.52 Å². The molecular formula is C25H13Cl2N3O3. The standard InChI is InChI=1S/C25H13Cl2N3O3/c26-14-6-5-12(11-15(14)27)22-20(19-16(30-22)7-8-17-23(19)29-10-9-28-17)21-24(31)13-3-1-2-4-18(13)33-25(21)32/h1-11,30-31H. The predicted molar refractivity (Wildman–Crippen MR) is 130 cm³/mol. The van der Waals surface area contributed by atoms with Crippen molar-refractivity contribution >= 4 is 56.1 Å². The lowest BCUT2D eigenvalue weighted by atomic mass is 9.97. The van der Waals surface area contributed by atoms with Crippen molar-refractivity contribution in [1.29, 1.82) is 0 Å². The Morgan fingerprint density at radius 2 is 1.73 bits per heavy atom. The number of hydrogen-bond acceptors (Lipinski definition) is 5. The summed E-state index contributed by atoms with van der Waals surface area (Å²) in [6.07, 6.45) is 3.18. The third-order valence-electron chi connectivity index (χ3n) is 5.64. The minimum atomic E-state index is -0.672. The van der Waals surface area contributed by atoms with Gasteiger partial charge in [0, 0.05) is 34.4 Å². The molecule has 0 saturated heterocycles. The van der Waals surface area contributed by atoms with Crippen LogP contribution >= 0.6 is 23.2 Å². The average molecular weight is 474 g/mol.